The van der Waals surface area contributed by atoms with Crippen LogP contribution in [-0.4, -0.2) is 68.2 Å². The second kappa shape index (κ2) is 9.53. The predicted octanol–water partition coefficient (Wildman–Crippen LogP) is 2.00. The number of morpholine rings is 1. The van der Waals surface area contributed by atoms with E-state index in [0.717, 1.165) is 11.1 Å². The molecule has 170 valence electrons. The van der Waals surface area contributed by atoms with E-state index in [1.165, 1.54) is 11.4 Å². The molecule has 2 heterocycles. The summed E-state index contributed by atoms with van der Waals surface area (Å²) in [5.74, 6) is -0.351. The minimum Gasteiger partial charge on any atom is -0.467 e. The van der Waals surface area contributed by atoms with Crippen LogP contribution in [0.3, 0.4) is 0 Å². The van der Waals surface area contributed by atoms with Crippen molar-refractivity contribution in [1.82, 2.24) is 9.21 Å². The molecule has 4 rings (SSSR count). The maximum Gasteiger partial charge on any atom is 0.328 e. The molecule has 2 aromatic carbocycles. The van der Waals surface area contributed by atoms with Crippen molar-refractivity contribution >= 4 is 39.0 Å². The monoisotopic (exact) mass is 475 g/mol. The highest BCUT2D eigenvalue weighted by Gasteiger charge is 2.34. The average molecular weight is 476 g/mol. The summed E-state index contributed by atoms with van der Waals surface area (Å²) >= 11 is 5.60. The Labute approximate surface area is 193 Å². The van der Waals surface area contributed by atoms with E-state index < -0.39 is 16.1 Å². The Kier molecular flexibility index (Phi) is 6.75. The Morgan fingerprint density at radius 2 is 1.75 bits per heavy atom. The molecule has 0 amide bonds. The van der Waals surface area contributed by atoms with Gasteiger partial charge in [0.15, 0.2) is 5.11 Å². The van der Waals surface area contributed by atoms with E-state index >= 15 is 0 Å². The molecule has 1 N–H and O–H groups in total. The smallest absolute Gasteiger partial charge is 0.328 e. The number of carbonyl (C=O) groups excluding carboxylic acids is 1. The van der Waals surface area contributed by atoms with Gasteiger partial charge in [0.05, 0.1) is 25.2 Å². The first-order valence-corrected chi connectivity index (χ1v) is 12.1. The summed E-state index contributed by atoms with van der Waals surface area (Å²) in [5, 5.41) is 3.50. The number of sulfonamides is 1. The number of hydrogen-bond donors (Lipinski definition) is 1. The van der Waals surface area contributed by atoms with Crippen molar-refractivity contribution < 1.29 is 22.7 Å². The molecule has 2 aromatic rings. The largest absolute Gasteiger partial charge is 0.467 e. The molecular weight excluding hydrogens is 450 g/mol. The fourth-order valence-corrected chi connectivity index (χ4v) is 5.64. The first-order valence-electron chi connectivity index (χ1n) is 10.3. The predicted molar refractivity (Wildman–Crippen MR) is 124 cm³/mol. The summed E-state index contributed by atoms with van der Waals surface area (Å²) in [6.45, 7) is 1.96. The number of hydrogen-bond acceptors (Lipinski definition) is 6. The lowest BCUT2D eigenvalue weighted by Gasteiger charge is -2.37. The molecule has 1 atom stereocenters. The van der Waals surface area contributed by atoms with Crippen LogP contribution in [0.5, 0.6) is 0 Å². The number of rotatable bonds is 4. The number of fused-ring (bicyclic) bond motifs is 1. The third kappa shape index (κ3) is 4.63. The van der Waals surface area contributed by atoms with Gasteiger partial charge in [0.2, 0.25) is 10.0 Å². The van der Waals surface area contributed by atoms with Crippen LogP contribution in [0.15, 0.2) is 53.4 Å². The molecule has 1 fully saturated rings. The molecule has 0 spiro atoms. The Balaban J connectivity index is 1.49. The highest BCUT2D eigenvalue weighted by Crippen LogP contribution is 2.26. The molecule has 0 radical (unpaired) electrons. The van der Waals surface area contributed by atoms with E-state index in [-0.39, 0.29) is 10.9 Å². The van der Waals surface area contributed by atoms with Crippen LogP contribution in [0.4, 0.5) is 5.69 Å². The van der Waals surface area contributed by atoms with Crippen molar-refractivity contribution in [2.75, 3.05) is 38.7 Å². The zero-order chi connectivity index (χ0) is 22.7. The third-order valence-electron chi connectivity index (χ3n) is 5.70. The van der Waals surface area contributed by atoms with E-state index in [1.807, 2.05) is 29.2 Å². The van der Waals surface area contributed by atoms with Gasteiger partial charge in [-0.1, -0.05) is 24.3 Å². The maximum absolute atomic E-state index is 12.8. The zero-order valence-electron chi connectivity index (χ0n) is 17.7. The number of esters is 1. The maximum atomic E-state index is 12.8. The zero-order valence-corrected chi connectivity index (χ0v) is 19.3. The van der Waals surface area contributed by atoms with Gasteiger partial charge in [0.25, 0.3) is 0 Å². The standard InChI is InChI=1S/C22H25N3O5S2/c1-29-21(26)20-14-16-4-2-3-5-17(16)15-25(20)22(31)23-18-6-8-19(9-7-18)32(27,28)24-10-12-30-13-11-24/h2-9,20H,10-15H2,1H3,(H,23,31)/t20-/m1/s1. The highest BCUT2D eigenvalue weighted by molar-refractivity contribution is 7.89. The quantitative estimate of drug-likeness (QED) is 0.531. The first-order chi connectivity index (χ1) is 15.4. The van der Waals surface area contributed by atoms with Crippen molar-refractivity contribution in [3.05, 3.63) is 59.7 Å². The lowest BCUT2D eigenvalue weighted by atomic mass is 9.94. The topological polar surface area (TPSA) is 88.2 Å². The van der Waals surface area contributed by atoms with Gasteiger partial charge in [-0.25, -0.2) is 13.2 Å². The van der Waals surface area contributed by atoms with Gasteiger partial charge in [-0.2, -0.15) is 4.31 Å². The van der Waals surface area contributed by atoms with E-state index in [0.29, 0.717) is 50.1 Å². The number of nitrogens with one attached hydrogen (secondary N) is 1. The van der Waals surface area contributed by atoms with Gasteiger partial charge in [-0.05, 0) is 47.6 Å². The summed E-state index contributed by atoms with van der Waals surface area (Å²) in [7, 11) is -2.20. The van der Waals surface area contributed by atoms with Crippen LogP contribution >= 0.6 is 12.2 Å². The number of benzene rings is 2. The van der Waals surface area contributed by atoms with Crippen LogP contribution in [0, 0.1) is 0 Å². The van der Waals surface area contributed by atoms with Crippen molar-refractivity contribution in [3.63, 3.8) is 0 Å². The summed E-state index contributed by atoms with van der Waals surface area (Å²) in [6, 6.07) is 13.9. The molecule has 0 bridgehead atoms. The molecule has 0 saturated carbocycles. The van der Waals surface area contributed by atoms with Crippen molar-refractivity contribution in [1.29, 1.82) is 0 Å². The number of thiocarbonyl (C=S) groups is 1. The average Bonchev–Trinajstić information content (AvgIpc) is 2.83. The van der Waals surface area contributed by atoms with E-state index in [9.17, 15) is 13.2 Å². The van der Waals surface area contributed by atoms with Crippen LogP contribution in [0.25, 0.3) is 0 Å². The van der Waals surface area contributed by atoms with Crippen LogP contribution in [0.2, 0.25) is 0 Å². The molecule has 10 heteroatoms. The van der Waals surface area contributed by atoms with E-state index in [2.05, 4.69) is 5.32 Å². The van der Waals surface area contributed by atoms with Gasteiger partial charge in [0.1, 0.15) is 6.04 Å². The van der Waals surface area contributed by atoms with Crippen LogP contribution in [-0.2, 0) is 37.3 Å². The number of methoxy groups -OCH3 is 1. The molecule has 2 aliphatic rings. The Morgan fingerprint density at radius 1 is 1.09 bits per heavy atom. The number of nitrogens with zero attached hydrogens (tertiary/aromatic N) is 2. The molecule has 0 aromatic heterocycles. The summed E-state index contributed by atoms with van der Waals surface area (Å²) in [4.78, 5) is 14.4. The van der Waals surface area contributed by atoms with Crippen molar-refractivity contribution in [3.8, 4) is 0 Å². The molecule has 8 nitrogen and oxygen atoms in total. The first kappa shape index (κ1) is 22.7. The van der Waals surface area contributed by atoms with Gasteiger partial charge >= 0.3 is 5.97 Å². The van der Waals surface area contributed by atoms with E-state index in [4.69, 9.17) is 21.7 Å². The fourth-order valence-electron chi connectivity index (χ4n) is 3.92. The van der Waals surface area contributed by atoms with Gasteiger partial charge in [-0.15, -0.1) is 0 Å². The molecular formula is C22H25N3O5S2. The normalized spacial score (nSPS) is 19.2. The van der Waals surface area contributed by atoms with Crippen LogP contribution < -0.4 is 5.32 Å². The fraction of sp³-hybridized carbons (Fsp3) is 0.364. The SMILES string of the molecule is COC(=O)[C@H]1Cc2ccccc2CN1C(=S)Nc1ccc(S(=O)(=O)N2CCOCC2)cc1. The Bertz CT molecular complexity index is 1100. The van der Waals surface area contributed by atoms with Gasteiger partial charge in [-0.3, -0.25) is 0 Å². The number of anilines is 1. The second-order valence-electron chi connectivity index (χ2n) is 7.61. The minimum atomic E-state index is -3.56. The molecule has 1 saturated heterocycles. The summed E-state index contributed by atoms with van der Waals surface area (Å²) in [5.41, 5.74) is 2.83. The second-order valence-corrected chi connectivity index (χ2v) is 9.94. The Morgan fingerprint density at radius 3 is 2.41 bits per heavy atom. The van der Waals surface area contributed by atoms with Gasteiger partial charge in [0, 0.05) is 31.7 Å². The molecule has 32 heavy (non-hydrogen) atoms. The Hall–Kier alpha value is -2.53. The van der Waals surface area contributed by atoms with Crippen molar-refractivity contribution in [2.45, 2.75) is 23.9 Å². The van der Waals surface area contributed by atoms with Gasteiger partial charge < -0.3 is 19.7 Å². The third-order valence-corrected chi connectivity index (χ3v) is 7.95. The summed E-state index contributed by atoms with van der Waals surface area (Å²) in [6.07, 6.45) is 0.501. The molecule has 2 aliphatic heterocycles. The van der Waals surface area contributed by atoms with Crippen LogP contribution in [0.1, 0.15) is 11.1 Å². The van der Waals surface area contributed by atoms with Crippen molar-refractivity contribution in [2.24, 2.45) is 0 Å². The molecule has 0 unspecified atom stereocenters. The number of carbonyl (C=O) groups is 1. The number of ether oxygens (including phenoxy) is 2. The highest BCUT2D eigenvalue weighted by atomic mass is 32.2. The lowest BCUT2D eigenvalue weighted by molar-refractivity contribution is -0.145. The molecule has 0 aliphatic carbocycles. The summed E-state index contributed by atoms with van der Waals surface area (Å²) < 4.78 is 37.3. The lowest BCUT2D eigenvalue weighted by Crippen LogP contribution is -2.50. The van der Waals surface area contributed by atoms with E-state index in [1.54, 1.807) is 24.3 Å². The minimum absolute atomic E-state index is 0.218.